The molecule has 1 aliphatic carbocycles. The number of aromatic nitrogens is 3. The zero-order valence-electron chi connectivity index (χ0n) is 27.9. The molecule has 7 rings (SSSR count). The molecule has 0 atom stereocenters. The number of nitrogens with one attached hydrogen (secondary N) is 2. The fraction of sp³-hybridized carbons (Fsp3) is 0.324. The van der Waals surface area contributed by atoms with Gasteiger partial charge in [-0.2, -0.15) is 5.26 Å². The number of carbonyl (C=O) groups excluding carboxylic acids is 2. The van der Waals surface area contributed by atoms with Crippen LogP contribution in [0.3, 0.4) is 0 Å². The number of para-hydroxylation sites is 1. The highest BCUT2D eigenvalue weighted by Gasteiger charge is 2.28. The number of sulfonamides is 1. The lowest BCUT2D eigenvalue weighted by atomic mass is 9.89. The van der Waals surface area contributed by atoms with Crippen LogP contribution in [0.2, 0.25) is 0 Å². The van der Waals surface area contributed by atoms with Gasteiger partial charge in [0, 0.05) is 42.0 Å². The minimum absolute atomic E-state index is 0.0528. The molecule has 4 heterocycles. The first-order valence-electron chi connectivity index (χ1n) is 16.7. The van der Waals surface area contributed by atoms with Gasteiger partial charge < -0.3 is 9.47 Å². The number of hydrogen-bond acceptors (Lipinski definition) is 9. The number of hydrogen-bond donors (Lipinski definition) is 2. The summed E-state index contributed by atoms with van der Waals surface area (Å²) in [5.41, 5.74) is 5.60. The van der Waals surface area contributed by atoms with Gasteiger partial charge in [0.1, 0.15) is 23.3 Å². The highest BCUT2D eigenvalue weighted by Crippen LogP contribution is 2.35. The number of benzene rings is 2. The molecule has 0 unspecified atom stereocenters. The second kappa shape index (κ2) is 13.7. The lowest BCUT2D eigenvalue weighted by Gasteiger charge is -2.31. The molecule has 11 nitrogen and oxygen atoms in total. The van der Waals surface area contributed by atoms with Crippen molar-refractivity contribution in [3.05, 3.63) is 94.4 Å². The molecule has 2 aromatic carbocycles. The molecular weight excluding hydrogens is 671 g/mol. The predicted molar refractivity (Wildman–Crippen MR) is 195 cm³/mol. The Balaban J connectivity index is 1.21. The maximum absolute atomic E-state index is 13.6. The standard InChI is InChI=1S/C37H37N7O4S2/c1-23-29(19-26(20-38)44(23)21-24-9-4-3-5-10-24)27-15-16-33(40-34(27)36(46)42-50(2,47)48)43-18-17-25-11-8-12-28(30(25)22-43)35(45)41-37-39-31-13-6-7-14-32(31)49-37/h6-8,11-16,19,24H,3-5,9-10,17-18,21-22H2,1-2H3,(H,42,46)(H,39,41,45). The Morgan fingerprint density at radius 2 is 1.80 bits per heavy atom. The number of amides is 2. The number of pyridine rings is 1. The summed E-state index contributed by atoms with van der Waals surface area (Å²) in [6.45, 7) is 3.57. The Hall–Kier alpha value is -5.06. The van der Waals surface area contributed by atoms with Crippen LogP contribution >= 0.6 is 11.3 Å². The molecule has 50 heavy (non-hydrogen) atoms. The van der Waals surface area contributed by atoms with E-state index in [4.69, 9.17) is 4.98 Å². The van der Waals surface area contributed by atoms with E-state index in [9.17, 15) is 23.3 Å². The highest BCUT2D eigenvalue weighted by molar-refractivity contribution is 7.89. The minimum Gasteiger partial charge on any atom is -0.352 e. The maximum atomic E-state index is 13.6. The van der Waals surface area contributed by atoms with E-state index >= 15 is 0 Å². The van der Waals surface area contributed by atoms with E-state index in [-0.39, 0.29) is 11.6 Å². The molecule has 2 aliphatic rings. The molecule has 0 radical (unpaired) electrons. The summed E-state index contributed by atoms with van der Waals surface area (Å²) in [6, 6.07) is 21.1. The van der Waals surface area contributed by atoms with Crippen LogP contribution < -0.4 is 14.9 Å². The molecule has 3 aromatic heterocycles. The molecule has 0 bridgehead atoms. The van der Waals surface area contributed by atoms with E-state index in [0.29, 0.717) is 65.3 Å². The summed E-state index contributed by atoms with van der Waals surface area (Å²) in [7, 11) is -3.89. The number of fused-ring (bicyclic) bond motifs is 2. The smallest absolute Gasteiger partial charge is 0.284 e. The van der Waals surface area contributed by atoms with Gasteiger partial charge in [-0.1, -0.05) is 54.9 Å². The van der Waals surface area contributed by atoms with Gasteiger partial charge in [-0.3, -0.25) is 14.9 Å². The van der Waals surface area contributed by atoms with Crippen LogP contribution in [0.15, 0.2) is 60.7 Å². The highest BCUT2D eigenvalue weighted by atomic mass is 32.2. The molecule has 0 spiro atoms. The molecule has 1 aliphatic heterocycles. The van der Waals surface area contributed by atoms with E-state index < -0.39 is 15.9 Å². The summed E-state index contributed by atoms with van der Waals surface area (Å²) < 4.78 is 29.5. The third-order valence-electron chi connectivity index (χ3n) is 9.67. The van der Waals surface area contributed by atoms with Crippen molar-refractivity contribution in [2.45, 2.75) is 58.5 Å². The lowest BCUT2D eigenvalue weighted by Crippen LogP contribution is -2.34. The van der Waals surface area contributed by atoms with Gasteiger partial charge in [0.2, 0.25) is 10.0 Å². The van der Waals surface area contributed by atoms with Crippen molar-refractivity contribution in [3.8, 4) is 17.2 Å². The van der Waals surface area contributed by atoms with Gasteiger partial charge in [0.05, 0.1) is 16.5 Å². The Morgan fingerprint density at radius 3 is 2.56 bits per heavy atom. The van der Waals surface area contributed by atoms with Crippen molar-refractivity contribution in [3.63, 3.8) is 0 Å². The monoisotopic (exact) mass is 707 g/mol. The first kappa shape index (κ1) is 33.4. The first-order chi connectivity index (χ1) is 24.1. The van der Waals surface area contributed by atoms with Crippen molar-refractivity contribution < 1.29 is 18.0 Å². The Kier molecular flexibility index (Phi) is 9.15. The average Bonchev–Trinajstić information content (AvgIpc) is 3.66. The second-order valence-electron chi connectivity index (χ2n) is 13.1. The number of carbonyl (C=O) groups is 2. The van der Waals surface area contributed by atoms with Gasteiger partial charge >= 0.3 is 0 Å². The summed E-state index contributed by atoms with van der Waals surface area (Å²) >= 11 is 1.41. The van der Waals surface area contributed by atoms with Crippen LogP contribution in [0.5, 0.6) is 0 Å². The zero-order chi connectivity index (χ0) is 35.0. The van der Waals surface area contributed by atoms with Crippen molar-refractivity contribution >= 4 is 54.3 Å². The Bertz CT molecular complexity index is 2250. The van der Waals surface area contributed by atoms with Crippen LogP contribution in [-0.4, -0.2) is 47.6 Å². The van der Waals surface area contributed by atoms with Gasteiger partial charge in [-0.15, -0.1) is 0 Å². The van der Waals surface area contributed by atoms with Gasteiger partial charge in [0.15, 0.2) is 5.13 Å². The first-order valence-corrected chi connectivity index (χ1v) is 19.4. The molecule has 1 saturated carbocycles. The van der Waals surface area contributed by atoms with Gasteiger partial charge in [-0.05, 0) is 79.6 Å². The minimum atomic E-state index is -3.89. The van der Waals surface area contributed by atoms with E-state index in [1.807, 2.05) is 58.9 Å². The van der Waals surface area contributed by atoms with E-state index in [2.05, 4.69) is 21.1 Å². The SMILES string of the molecule is Cc1c(-c2ccc(N3CCc4cccc(C(=O)Nc5nc6ccccc6s5)c4C3)nc2C(=O)NS(C)(=O)=O)cc(C#N)n1CC1CCCCC1. The van der Waals surface area contributed by atoms with Crippen LogP contribution in [-0.2, 0) is 29.5 Å². The number of rotatable bonds is 8. The summed E-state index contributed by atoms with van der Waals surface area (Å²) in [6.07, 6.45) is 7.38. The molecule has 13 heteroatoms. The van der Waals surface area contributed by atoms with E-state index in [0.717, 1.165) is 46.1 Å². The zero-order valence-corrected chi connectivity index (χ0v) is 29.5. The predicted octanol–water partition coefficient (Wildman–Crippen LogP) is 6.42. The lowest BCUT2D eigenvalue weighted by molar-refractivity contribution is 0.0976. The summed E-state index contributed by atoms with van der Waals surface area (Å²) in [5, 5.41) is 13.5. The van der Waals surface area contributed by atoms with Crippen molar-refractivity contribution in [1.29, 1.82) is 5.26 Å². The molecule has 5 aromatic rings. The quantitative estimate of drug-likeness (QED) is 0.188. The average molecular weight is 708 g/mol. The number of nitrogens with zero attached hydrogens (tertiary/aromatic N) is 5. The van der Waals surface area contributed by atoms with Crippen LogP contribution in [0, 0.1) is 24.2 Å². The molecular formula is C37H37N7O4S2. The molecule has 1 fully saturated rings. The van der Waals surface area contributed by atoms with E-state index in [1.165, 1.54) is 30.6 Å². The summed E-state index contributed by atoms with van der Waals surface area (Å²) in [4.78, 5) is 38.4. The Morgan fingerprint density at radius 1 is 1.00 bits per heavy atom. The van der Waals surface area contributed by atoms with Gasteiger partial charge in [0.25, 0.3) is 11.8 Å². The maximum Gasteiger partial charge on any atom is 0.284 e. The normalized spacial score (nSPS) is 15.0. The van der Waals surface area contributed by atoms with Gasteiger partial charge in [-0.25, -0.2) is 23.1 Å². The Labute approximate surface area is 295 Å². The van der Waals surface area contributed by atoms with Crippen molar-refractivity contribution in [2.24, 2.45) is 5.92 Å². The fourth-order valence-electron chi connectivity index (χ4n) is 7.19. The van der Waals surface area contributed by atoms with Crippen LogP contribution in [0.4, 0.5) is 10.9 Å². The number of anilines is 2. The van der Waals surface area contributed by atoms with Crippen molar-refractivity contribution in [1.82, 2.24) is 19.3 Å². The molecule has 2 amide bonds. The number of nitriles is 1. The largest absolute Gasteiger partial charge is 0.352 e. The second-order valence-corrected chi connectivity index (χ2v) is 15.9. The third kappa shape index (κ3) is 6.86. The molecule has 2 N–H and O–H groups in total. The summed E-state index contributed by atoms with van der Waals surface area (Å²) in [5.74, 6) is -0.172. The van der Waals surface area contributed by atoms with Crippen LogP contribution in [0.1, 0.15) is 75.5 Å². The van der Waals surface area contributed by atoms with Crippen LogP contribution in [0.25, 0.3) is 21.3 Å². The fourth-order valence-corrected chi connectivity index (χ4v) is 8.48. The third-order valence-corrected chi connectivity index (χ3v) is 11.2. The van der Waals surface area contributed by atoms with Crippen molar-refractivity contribution in [2.75, 3.05) is 23.0 Å². The topological polar surface area (TPSA) is 150 Å². The molecule has 256 valence electrons. The number of thiazole rings is 1. The van der Waals surface area contributed by atoms with E-state index in [1.54, 1.807) is 18.2 Å². The molecule has 0 saturated heterocycles.